The second kappa shape index (κ2) is 9.51. The lowest BCUT2D eigenvalue weighted by atomic mass is 9.95. The van der Waals surface area contributed by atoms with Crippen LogP contribution in [0.2, 0.25) is 0 Å². The molecular formula is C27H29FN6O4S. The lowest BCUT2D eigenvalue weighted by Gasteiger charge is -2.27. The average molecular weight is 553 g/mol. The van der Waals surface area contributed by atoms with Crippen LogP contribution in [0.3, 0.4) is 0 Å². The molecule has 2 saturated heterocycles. The van der Waals surface area contributed by atoms with Gasteiger partial charge in [-0.2, -0.15) is 11.8 Å². The minimum absolute atomic E-state index is 0.187. The highest BCUT2D eigenvalue weighted by atomic mass is 32.2. The Bertz CT molecular complexity index is 1400. The summed E-state index contributed by atoms with van der Waals surface area (Å²) in [4.78, 5) is 31.5. The molecule has 39 heavy (non-hydrogen) atoms. The van der Waals surface area contributed by atoms with Crippen LogP contribution < -0.4 is 10.2 Å². The van der Waals surface area contributed by atoms with E-state index in [4.69, 9.17) is 9.47 Å². The Morgan fingerprint density at radius 1 is 1.28 bits per heavy atom. The van der Waals surface area contributed by atoms with Crippen LogP contribution in [-0.4, -0.2) is 62.3 Å². The summed E-state index contributed by atoms with van der Waals surface area (Å²) in [6.07, 6.45) is 2.22. The first-order valence-electron chi connectivity index (χ1n) is 12.8. The van der Waals surface area contributed by atoms with Crippen LogP contribution in [0, 0.1) is 17.7 Å². The molecule has 3 aliphatic rings. The molecule has 1 saturated carbocycles. The number of fused-ring (bicyclic) bond motifs is 1. The zero-order valence-corrected chi connectivity index (χ0v) is 22.6. The standard InChI is InChI=1S/C27H29FN6O4S/c1-26(2,3)38-24(35)31-27(20-13-39-14-21(20)27)23-19(5-4-8-29-23)18-7-6-16(10-22(18)28)34-12-17(37-25(34)36)9-15-11-30-33-32-15/h4-8,10-11,17,20-21H,9,12-14H2,1-3H3,(H,31,35)(H,30,32,33)/t17-,20?,21?,27?/m1/s1. The fourth-order valence-corrected chi connectivity index (χ4v) is 7.30. The predicted molar refractivity (Wildman–Crippen MR) is 143 cm³/mol. The molecule has 3 atom stereocenters. The number of carbonyl (C=O) groups is 2. The number of alkyl carbamates (subject to hydrolysis) is 1. The molecule has 0 bridgehead atoms. The molecule has 10 nitrogen and oxygen atoms in total. The van der Waals surface area contributed by atoms with Crippen LogP contribution in [0.15, 0.2) is 42.7 Å². The molecule has 3 aromatic rings. The third-order valence-electron chi connectivity index (χ3n) is 7.39. The molecule has 1 aliphatic carbocycles. The Hall–Kier alpha value is -3.67. The van der Waals surface area contributed by atoms with Gasteiger partial charge in [0.25, 0.3) is 0 Å². The Labute approximate surface area is 229 Å². The number of rotatable bonds is 6. The number of amides is 2. The number of H-pyrrole nitrogens is 1. The van der Waals surface area contributed by atoms with E-state index in [1.807, 2.05) is 38.6 Å². The molecular weight excluding hydrogens is 523 g/mol. The maximum Gasteiger partial charge on any atom is 0.414 e. The second-order valence-corrected chi connectivity index (χ2v) is 12.2. The van der Waals surface area contributed by atoms with Crippen LogP contribution >= 0.6 is 11.8 Å². The van der Waals surface area contributed by atoms with Gasteiger partial charge in [0.1, 0.15) is 17.5 Å². The molecule has 12 heteroatoms. The predicted octanol–water partition coefficient (Wildman–Crippen LogP) is 4.29. The van der Waals surface area contributed by atoms with Crippen molar-refractivity contribution in [2.45, 2.75) is 44.4 Å². The number of ether oxygens (including phenoxy) is 2. The quantitative estimate of drug-likeness (QED) is 0.465. The summed E-state index contributed by atoms with van der Waals surface area (Å²) in [5.74, 6) is 1.64. The van der Waals surface area contributed by atoms with E-state index in [2.05, 4.69) is 25.7 Å². The SMILES string of the molecule is CC(C)(C)OC(=O)NC1(c2ncccc2-c2ccc(N3C[C@@H](Cc4cnn[nH]4)OC3=O)cc2F)C2CSCC21. The number of thioether (sulfide) groups is 1. The van der Waals surface area contributed by atoms with Crippen molar-refractivity contribution in [3.63, 3.8) is 0 Å². The topological polar surface area (TPSA) is 122 Å². The third-order valence-corrected chi connectivity index (χ3v) is 8.58. The monoisotopic (exact) mass is 552 g/mol. The highest BCUT2D eigenvalue weighted by molar-refractivity contribution is 7.99. The van der Waals surface area contributed by atoms with Gasteiger partial charge in [0.2, 0.25) is 0 Å². The van der Waals surface area contributed by atoms with Crippen molar-refractivity contribution in [3.8, 4) is 11.1 Å². The number of aromatic amines is 1. The van der Waals surface area contributed by atoms with Gasteiger partial charge >= 0.3 is 12.2 Å². The van der Waals surface area contributed by atoms with E-state index >= 15 is 4.39 Å². The van der Waals surface area contributed by atoms with Crippen molar-refractivity contribution < 1.29 is 23.5 Å². The number of carbonyl (C=O) groups excluding carboxylic acids is 2. The van der Waals surface area contributed by atoms with Gasteiger partial charge in [-0.1, -0.05) is 11.3 Å². The van der Waals surface area contributed by atoms with Crippen molar-refractivity contribution in [1.82, 2.24) is 25.7 Å². The summed E-state index contributed by atoms with van der Waals surface area (Å²) in [6, 6.07) is 8.27. The largest absolute Gasteiger partial charge is 0.444 e. The van der Waals surface area contributed by atoms with Crippen molar-refractivity contribution in [2.24, 2.45) is 11.8 Å². The Morgan fingerprint density at radius 3 is 2.77 bits per heavy atom. The summed E-state index contributed by atoms with van der Waals surface area (Å²) in [5.41, 5.74) is 1.36. The van der Waals surface area contributed by atoms with Gasteiger partial charge in [0.15, 0.2) is 0 Å². The molecule has 6 rings (SSSR count). The molecule has 3 fully saturated rings. The van der Waals surface area contributed by atoms with E-state index in [1.165, 1.54) is 11.0 Å². The minimum atomic E-state index is -0.719. The lowest BCUT2D eigenvalue weighted by Crippen LogP contribution is -2.43. The summed E-state index contributed by atoms with van der Waals surface area (Å²) in [5, 5.41) is 13.3. The van der Waals surface area contributed by atoms with Gasteiger partial charge in [-0.25, -0.2) is 14.0 Å². The van der Waals surface area contributed by atoms with Crippen LogP contribution in [0.25, 0.3) is 11.1 Å². The molecule has 2 unspecified atom stereocenters. The number of halogens is 1. The summed E-state index contributed by atoms with van der Waals surface area (Å²) >= 11 is 1.84. The van der Waals surface area contributed by atoms with Crippen molar-refractivity contribution in [2.75, 3.05) is 23.0 Å². The van der Waals surface area contributed by atoms with Crippen molar-refractivity contribution >= 4 is 29.6 Å². The fourth-order valence-electron chi connectivity index (χ4n) is 5.67. The van der Waals surface area contributed by atoms with Crippen LogP contribution in [0.5, 0.6) is 0 Å². The van der Waals surface area contributed by atoms with Crippen molar-refractivity contribution in [3.05, 3.63) is 59.9 Å². The number of nitrogens with one attached hydrogen (secondary N) is 2. The number of pyridine rings is 1. The molecule has 4 heterocycles. The zero-order chi connectivity index (χ0) is 27.4. The molecule has 204 valence electrons. The number of nitrogens with zero attached hydrogens (tertiary/aromatic N) is 4. The fraction of sp³-hybridized carbons (Fsp3) is 0.444. The Balaban J connectivity index is 1.28. The third kappa shape index (κ3) is 4.70. The van der Waals surface area contributed by atoms with Gasteiger partial charge in [-0.15, -0.1) is 5.10 Å². The van der Waals surface area contributed by atoms with Crippen molar-refractivity contribution in [1.29, 1.82) is 0 Å². The van der Waals surface area contributed by atoms with E-state index in [9.17, 15) is 9.59 Å². The van der Waals surface area contributed by atoms with Gasteiger partial charge in [-0.05, 0) is 56.5 Å². The number of benzene rings is 1. The highest BCUT2D eigenvalue weighted by Gasteiger charge is 2.70. The second-order valence-electron chi connectivity index (χ2n) is 11.1. The van der Waals surface area contributed by atoms with E-state index < -0.39 is 35.2 Å². The summed E-state index contributed by atoms with van der Waals surface area (Å²) < 4.78 is 26.8. The molecule has 0 radical (unpaired) electrons. The molecule has 2 aliphatic heterocycles. The molecule has 2 aromatic heterocycles. The first kappa shape index (κ1) is 25.6. The van der Waals surface area contributed by atoms with Crippen LogP contribution in [0.4, 0.5) is 19.7 Å². The van der Waals surface area contributed by atoms with E-state index in [0.717, 1.165) is 17.2 Å². The molecule has 1 aromatic carbocycles. The molecule has 2 amide bonds. The normalized spacial score (nSPS) is 25.8. The van der Waals surface area contributed by atoms with E-state index in [1.54, 1.807) is 30.6 Å². The average Bonchev–Trinajstić information content (AvgIpc) is 3.42. The summed E-state index contributed by atoms with van der Waals surface area (Å²) in [6.45, 7) is 5.73. The number of anilines is 1. The lowest BCUT2D eigenvalue weighted by molar-refractivity contribution is 0.0484. The number of hydrogen-bond acceptors (Lipinski definition) is 8. The summed E-state index contributed by atoms with van der Waals surface area (Å²) in [7, 11) is 0. The number of cyclic esters (lactones) is 1. The van der Waals surface area contributed by atoms with Gasteiger partial charge in [0, 0.05) is 35.6 Å². The molecule has 0 spiro atoms. The van der Waals surface area contributed by atoms with Gasteiger partial charge in [-0.3, -0.25) is 15.0 Å². The smallest absolute Gasteiger partial charge is 0.414 e. The molecule has 2 N–H and O–H groups in total. The number of hydrogen-bond donors (Lipinski definition) is 2. The zero-order valence-electron chi connectivity index (χ0n) is 21.8. The van der Waals surface area contributed by atoms with E-state index in [-0.39, 0.29) is 18.4 Å². The van der Waals surface area contributed by atoms with Crippen LogP contribution in [-0.2, 0) is 21.4 Å². The Morgan fingerprint density at radius 2 is 2.08 bits per heavy atom. The first-order chi connectivity index (χ1) is 18.7. The van der Waals surface area contributed by atoms with E-state index in [0.29, 0.717) is 28.9 Å². The van der Waals surface area contributed by atoms with Crippen LogP contribution in [0.1, 0.15) is 32.2 Å². The highest BCUT2D eigenvalue weighted by Crippen LogP contribution is 2.65. The Kier molecular flexibility index (Phi) is 6.24. The van der Waals surface area contributed by atoms with Gasteiger partial charge < -0.3 is 14.8 Å². The number of aromatic nitrogens is 4. The first-order valence-corrected chi connectivity index (χ1v) is 14.0. The minimum Gasteiger partial charge on any atom is -0.444 e. The van der Waals surface area contributed by atoms with Gasteiger partial charge in [0.05, 0.1) is 35.4 Å². The maximum atomic E-state index is 15.7. The maximum absolute atomic E-state index is 15.7.